The number of hydrogen-bond donors (Lipinski definition) is 2. The lowest BCUT2D eigenvalue weighted by Crippen LogP contribution is -2.22. The maximum atomic E-state index is 12.9. The van der Waals surface area contributed by atoms with Crippen LogP contribution in [0.25, 0.3) is 11.0 Å². The summed E-state index contributed by atoms with van der Waals surface area (Å²) in [5.41, 5.74) is 0.957. The Bertz CT molecular complexity index is 466. The van der Waals surface area contributed by atoms with E-state index in [1.54, 1.807) is 0 Å². The third-order valence-electron chi connectivity index (χ3n) is 2.25. The number of fused-ring (bicyclic) bond motifs is 1. The van der Waals surface area contributed by atoms with Crippen LogP contribution >= 0.6 is 0 Å². The normalized spacial score (nSPS) is 11.6. The summed E-state index contributed by atoms with van der Waals surface area (Å²) in [7, 11) is 0. The third-order valence-corrected chi connectivity index (χ3v) is 2.25. The molecule has 2 rings (SSSR count). The topological polar surface area (TPSA) is 40.7 Å². The minimum Gasteiger partial charge on any atom is -0.341 e. The van der Waals surface area contributed by atoms with Crippen LogP contribution < -0.4 is 5.32 Å². The molecule has 1 aromatic heterocycles. The summed E-state index contributed by atoms with van der Waals surface area (Å²) in [4.78, 5) is 7.10. The van der Waals surface area contributed by atoms with Gasteiger partial charge in [0.1, 0.15) is 5.82 Å². The molecule has 0 aliphatic heterocycles. The number of hydrogen-bond acceptors (Lipinski definition) is 2. The van der Waals surface area contributed by atoms with E-state index in [-0.39, 0.29) is 0 Å². The van der Waals surface area contributed by atoms with Crippen LogP contribution in [0, 0.1) is 11.6 Å². The van der Waals surface area contributed by atoms with E-state index in [0.29, 0.717) is 29.4 Å². The molecule has 0 saturated heterocycles. The third kappa shape index (κ3) is 2.19. The van der Waals surface area contributed by atoms with Gasteiger partial charge in [0.25, 0.3) is 0 Å². The monoisotopic (exact) mass is 225 g/mol. The molecule has 0 atom stereocenters. The Balaban J connectivity index is 2.29. The van der Waals surface area contributed by atoms with Gasteiger partial charge >= 0.3 is 0 Å². The number of aromatic amines is 1. The SMILES string of the molecule is CC(C)NCc1nc2cc(F)c(F)cc2[nH]1. The van der Waals surface area contributed by atoms with Crippen molar-refractivity contribution in [2.75, 3.05) is 0 Å². The van der Waals surface area contributed by atoms with Gasteiger partial charge in [-0.15, -0.1) is 0 Å². The van der Waals surface area contributed by atoms with Crippen molar-refractivity contribution in [2.24, 2.45) is 0 Å². The summed E-state index contributed by atoms with van der Waals surface area (Å²) < 4.78 is 25.9. The van der Waals surface area contributed by atoms with Gasteiger partial charge in [-0.05, 0) is 0 Å². The highest BCUT2D eigenvalue weighted by Crippen LogP contribution is 2.16. The molecule has 0 fully saturated rings. The van der Waals surface area contributed by atoms with Gasteiger partial charge in [-0.1, -0.05) is 13.8 Å². The molecule has 0 amide bonds. The lowest BCUT2D eigenvalue weighted by molar-refractivity contribution is 0.510. The predicted octanol–water partition coefficient (Wildman–Crippen LogP) is 2.34. The van der Waals surface area contributed by atoms with E-state index in [4.69, 9.17) is 0 Å². The maximum Gasteiger partial charge on any atom is 0.161 e. The predicted molar refractivity (Wildman–Crippen MR) is 58.0 cm³/mol. The first-order valence-electron chi connectivity index (χ1n) is 5.13. The molecule has 3 nitrogen and oxygen atoms in total. The average Bonchev–Trinajstić information content (AvgIpc) is 2.58. The molecule has 86 valence electrons. The van der Waals surface area contributed by atoms with Crippen molar-refractivity contribution >= 4 is 11.0 Å². The molecule has 1 heterocycles. The first-order chi connectivity index (χ1) is 7.56. The summed E-state index contributed by atoms with van der Waals surface area (Å²) in [6.07, 6.45) is 0. The molecule has 16 heavy (non-hydrogen) atoms. The highest BCUT2D eigenvalue weighted by molar-refractivity contribution is 5.75. The molecular weight excluding hydrogens is 212 g/mol. The van der Waals surface area contributed by atoms with Crippen molar-refractivity contribution in [3.63, 3.8) is 0 Å². The Labute approximate surface area is 91.9 Å². The number of H-pyrrole nitrogens is 1. The Hall–Kier alpha value is -1.49. The second-order valence-corrected chi connectivity index (χ2v) is 4.00. The number of rotatable bonds is 3. The number of nitrogens with zero attached hydrogens (tertiary/aromatic N) is 1. The molecule has 5 heteroatoms. The second kappa shape index (κ2) is 4.17. The van der Waals surface area contributed by atoms with Crippen molar-refractivity contribution in [3.05, 3.63) is 29.6 Å². The minimum absolute atomic E-state index is 0.335. The Morgan fingerprint density at radius 3 is 2.69 bits per heavy atom. The van der Waals surface area contributed by atoms with E-state index in [0.717, 1.165) is 12.1 Å². The molecule has 0 spiro atoms. The van der Waals surface area contributed by atoms with Gasteiger partial charge in [0.15, 0.2) is 11.6 Å². The second-order valence-electron chi connectivity index (χ2n) is 4.00. The van der Waals surface area contributed by atoms with Crippen LogP contribution in [-0.4, -0.2) is 16.0 Å². The van der Waals surface area contributed by atoms with Crippen LogP contribution in [0.4, 0.5) is 8.78 Å². The first-order valence-corrected chi connectivity index (χ1v) is 5.13. The van der Waals surface area contributed by atoms with E-state index >= 15 is 0 Å². The number of nitrogens with one attached hydrogen (secondary N) is 2. The molecule has 2 aromatic rings. The van der Waals surface area contributed by atoms with Crippen LogP contribution in [0.2, 0.25) is 0 Å². The summed E-state index contributed by atoms with van der Waals surface area (Å²) in [6, 6.07) is 2.55. The summed E-state index contributed by atoms with van der Waals surface area (Å²) in [6.45, 7) is 4.58. The maximum absolute atomic E-state index is 12.9. The minimum atomic E-state index is -0.873. The fraction of sp³-hybridized carbons (Fsp3) is 0.364. The fourth-order valence-electron chi connectivity index (χ4n) is 1.44. The molecule has 2 N–H and O–H groups in total. The quantitative estimate of drug-likeness (QED) is 0.841. The van der Waals surface area contributed by atoms with E-state index in [1.807, 2.05) is 13.8 Å². The summed E-state index contributed by atoms with van der Waals surface area (Å²) in [5.74, 6) is -1.06. The standard InChI is InChI=1S/C11H13F2N3/c1-6(2)14-5-11-15-9-3-7(12)8(13)4-10(9)16-11/h3-4,6,14H,5H2,1-2H3,(H,15,16). The van der Waals surface area contributed by atoms with E-state index in [9.17, 15) is 8.78 Å². The largest absolute Gasteiger partial charge is 0.341 e. The first kappa shape index (κ1) is 11.0. The van der Waals surface area contributed by atoms with Gasteiger partial charge in [0.05, 0.1) is 17.6 Å². The number of benzene rings is 1. The van der Waals surface area contributed by atoms with Gasteiger partial charge < -0.3 is 10.3 Å². The zero-order valence-corrected chi connectivity index (χ0v) is 9.14. The lowest BCUT2D eigenvalue weighted by atomic mass is 10.3. The zero-order chi connectivity index (χ0) is 11.7. The summed E-state index contributed by atoms with van der Waals surface area (Å²) in [5, 5.41) is 3.17. The smallest absolute Gasteiger partial charge is 0.161 e. The molecule has 0 saturated carbocycles. The van der Waals surface area contributed by atoms with E-state index in [2.05, 4.69) is 15.3 Å². The molecular formula is C11H13F2N3. The Kier molecular flexibility index (Phi) is 2.87. The van der Waals surface area contributed by atoms with Gasteiger partial charge in [-0.25, -0.2) is 13.8 Å². The Morgan fingerprint density at radius 2 is 2.00 bits per heavy atom. The number of halogens is 2. The molecule has 0 aliphatic carbocycles. The van der Waals surface area contributed by atoms with Crippen molar-refractivity contribution in [1.82, 2.24) is 15.3 Å². The van der Waals surface area contributed by atoms with Crippen LogP contribution in [0.5, 0.6) is 0 Å². The van der Waals surface area contributed by atoms with Crippen LogP contribution in [0.3, 0.4) is 0 Å². The van der Waals surface area contributed by atoms with Gasteiger partial charge in [0.2, 0.25) is 0 Å². The van der Waals surface area contributed by atoms with Crippen molar-refractivity contribution in [3.8, 4) is 0 Å². The van der Waals surface area contributed by atoms with Gasteiger partial charge in [-0.2, -0.15) is 0 Å². The fourth-order valence-corrected chi connectivity index (χ4v) is 1.44. The van der Waals surface area contributed by atoms with Crippen LogP contribution in [0.1, 0.15) is 19.7 Å². The number of aromatic nitrogens is 2. The molecule has 0 aliphatic rings. The average molecular weight is 225 g/mol. The molecule has 0 bridgehead atoms. The number of imidazole rings is 1. The molecule has 0 unspecified atom stereocenters. The van der Waals surface area contributed by atoms with Crippen molar-refractivity contribution in [1.29, 1.82) is 0 Å². The van der Waals surface area contributed by atoms with Gasteiger partial charge in [0, 0.05) is 18.2 Å². The zero-order valence-electron chi connectivity index (χ0n) is 9.14. The summed E-state index contributed by atoms with van der Waals surface area (Å²) >= 11 is 0. The molecule has 0 radical (unpaired) electrons. The van der Waals surface area contributed by atoms with Crippen molar-refractivity contribution in [2.45, 2.75) is 26.4 Å². The van der Waals surface area contributed by atoms with Crippen LogP contribution in [-0.2, 0) is 6.54 Å². The lowest BCUT2D eigenvalue weighted by Gasteiger charge is -2.04. The van der Waals surface area contributed by atoms with Gasteiger partial charge in [-0.3, -0.25) is 0 Å². The Morgan fingerprint density at radius 1 is 1.31 bits per heavy atom. The van der Waals surface area contributed by atoms with Crippen molar-refractivity contribution < 1.29 is 8.78 Å². The highest BCUT2D eigenvalue weighted by atomic mass is 19.2. The van der Waals surface area contributed by atoms with E-state index in [1.165, 1.54) is 0 Å². The van der Waals surface area contributed by atoms with Crippen LogP contribution in [0.15, 0.2) is 12.1 Å². The molecule has 1 aromatic carbocycles. The van der Waals surface area contributed by atoms with E-state index < -0.39 is 11.6 Å². The highest BCUT2D eigenvalue weighted by Gasteiger charge is 2.08.